The quantitative estimate of drug-likeness (QED) is 0.269. The molecule has 0 radical (unpaired) electrons. The molecule has 3 aromatic rings. The molecule has 0 aliphatic carbocycles. The van der Waals surface area contributed by atoms with E-state index in [9.17, 15) is 14.7 Å². The van der Waals surface area contributed by atoms with E-state index in [4.69, 9.17) is 10.00 Å². The Morgan fingerprint density at radius 2 is 1.81 bits per heavy atom. The number of nitriles is 1. The molecular formula is C29H25FN2O4. The Morgan fingerprint density at radius 3 is 2.42 bits per heavy atom. The molecule has 6 nitrogen and oxygen atoms in total. The minimum absolute atomic E-state index is 0.0581. The fourth-order valence-corrected chi connectivity index (χ4v) is 4.38. The van der Waals surface area contributed by atoms with Gasteiger partial charge < -0.3 is 9.84 Å². The molecule has 3 aromatic carbocycles. The van der Waals surface area contributed by atoms with Gasteiger partial charge in [-0.3, -0.25) is 14.5 Å². The second-order valence-electron chi connectivity index (χ2n) is 8.69. The van der Waals surface area contributed by atoms with Crippen LogP contribution in [0.4, 0.5) is 10.1 Å². The minimum Gasteiger partial charge on any atom is -0.507 e. The molecule has 1 amide bonds. The molecule has 0 bridgehead atoms. The first kappa shape index (κ1) is 24.7. The summed E-state index contributed by atoms with van der Waals surface area (Å²) < 4.78 is 20.7. The van der Waals surface area contributed by atoms with Gasteiger partial charge in [-0.25, -0.2) is 4.39 Å². The summed E-state index contributed by atoms with van der Waals surface area (Å²) >= 11 is 0. The molecule has 0 aromatic heterocycles. The van der Waals surface area contributed by atoms with Crippen molar-refractivity contribution in [2.45, 2.75) is 32.7 Å². The van der Waals surface area contributed by atoms with E-state index in [1.54, 1.807) is 24.3 Å². The summed E-state index contributed by atoms with van der Waals surface area (Å²) in [5.74, 6) is -2.13. The highest BCUT2D eigenvalue weighted by atomic mass is 19.1. The number of anilines is 1. The van der Waals surface area contributed by atoms with Gasteiger partial charge in [0, 0.05) is 16.8 Å². The number of ketones is 1. The molecule has 4 rings (SSSR count). The van der Waals surface area contributed by atoms with E-state index >= 15 is 4.39 Å². The standard InChI is InChI=1S/C29H25FN2O4/c1-4-36-24-14-11-19(15-22(24)17(2)3)27(33)25-26(21-7-5-6-8-23(21)30)32(29(35)28(25)34)20-12-9-18(16-31)10-13-20/h5-15,17,26,33H,4H2,1-3H3/b27-25+. The summed E-state index contributed by atoms with van der Waals surface area (Å²) in [6.45, 7) is 6.29. The number of rotatable bonds is 6. The lowest BCUT2D eigenvalue weighted by Crippen LogP contribution is -2.29. The van der Waals surface area contributed by atoms with Crippen LogP contribution < -0.4 is 9.64 Å². The molecule has 1 aliphatic heterocycles. The fraction of sp³-hybridized carbons (Fsp3) is 0.207. The van der Waals surface area contributed by atoms with Crippen molar-refractivity contribution in [3.63, 3.8) is 0 Å². The number of benzene rings is 3. The van der Waals surface area contributed by atoms with Crippen molar-refractivity contribution in [3.8, 4) is 11.8 Å². The molecule has 1 saturated heterocycles. The number of ether oxygens (including phenoxy) is 1. The zero-order valence-electron chi connectivity index (χ0n) is 20.2. The van der Waals surface area contributed by atoms with E-state index in [0.29, 0.717) is 29.2 Å². The third-order valence-electron chi connectivity index (χ3n) is 6.12. The highest BCUT2D eigenvalue weighted by Crippen LogP contribution is 2.43. The molecule has 7 heteroatoms. The molecule has 0 spiro atoms. The van der Waals surface area contributed by atoms with E-state index in [1.807, 2.05) is 26.8 Å². The molecular weight excluding hydrogens is 459 g/mol. The van der Waals surface area contributed by atoms with Gasteiger partial charge in [0.05, 0.1) is 29.9 Å². The summed E-state index contributed by atoms with van der Waals surface area (Å²) in [6.07, 6.45) is 0. The van der Waals surface area contributed by atoms with Gasteiger partial charge in [-0.15, -0.1) is 0 Å². The highest BCUT2D eigenvalue weighted by molar-refractivity contribution is 6.51. The van der Waals surface area contributed by atoms with Crippen LogP contribution in [0.5, 0.6) is 5.75 Å². The number of aliphatic hydroxyl groups excluding tert-OH is 1. The van der Waals surface area contributed by atoms with E-state index in [2.05, 4.69) is 0 Å². The first-order valence-electron chi connectivity index (χ1n) is 11.6. The average molecular weight is 485 g/mol. The monoisotopic (exact) mass is 484 g/mol. The molecule has 0 saturated carbocycles. The smallest absolute Gasteiger partial charge is 0.300 e. The third-order valence-corrected chi connectivity index (χ3v) is 6.12. The SMILES string of the molecule is CCOc1ccc(/C(O)=C2\C(=O)C(=O)N(c3ccc(C#N)cc3)C2c2ccccc2F)cc1C(C)C. The molecule has 182 valence electrons. The van der Waals surface area contributed by atoms with Crippen molar-refractivity contribution in [2.24, 2.45) is 0 Å². The summed E-state index contributed by atoms with van der Waals surface area (Å²) in [4.78, 5) is 27.7. The highest BCUT2D eigenvalue weighted by Gasteiger charge is 2.47. The van der Waals surface area contributed by atoms with Gasteiger partial charge in [0.2, 0.25) is 0 Å². The van der Waals surface area contributed by atoms with Crippen molar-refractivity contribution in [1.29, 1.82) is 5.26 Å². The van der Waals surface area contributed by atoms with Crippen LogP contribution >= 0.6 is 0 Å². The number of halogens is 1. The summed E-state index contributed by atoms with van der Waals surface area (Å²) in [5, 5.41) is 20.5. The van der Waals surface area contributed by atoms with Gasteiger partial charge in [0.25, 0.3) is 11.7 Å². The van der Waals surface area contributed by atoms with Crippen LogP contribution in [-0.2, 0) is 9.59 Å². The van der Waals surface area contributed by atoms with Gasteiger partial charge in [0.15, 0.2) is 0 Å². The lowest BCUT2D eigenvalue weighted by atomic mass is 9.93. The first-order valence-corrected chi connectivity index (χ1v) is 11.6. The Labute approximate surface area is 208 Å². The van der Waals surface area contributed by atoms with E-state index in [-0.39, 0.29) is 17.1 Å². The second kappa shape index (κ2) is 10.0. The number of hydrogen-bond donors (Lipinski definition) is 1. The molecule has 1 heterocycles. The van der Waals surface area contributed by atoms with Gasteiger partial charge in [-0.1, -0.05) is 32.0 Å². The van der Waals surface area contributed by atoms with E-state index < -0.39 is 29.3 Å². The maximum atomic E-state index is 15.0. The molecule has 1 N–H and O–H groups in total. The largest absolute Gasteiger partial charge is 0.507 e. The van der Waals surface area contributed by atoms with Crippen molar-refractivity contribution in [1.82, 2.24) is 0 Å². The second-order valence-corrected chi connectivity index (χ2v) is 8.69. The fourth-order valence-electron chi connectivity index (χ4n) is 4.38. The van der Waals surface area contributed by atoms with Gasteiger partial charge in [0.1, 0.15) is 17.3 Å². The molecule has 36 heavy (non-hydrogen) atoms. The third kappa shape index (κ3) is 4.34. The van der Waals surface area contributed by atoms with Crippen LogP contribution in [0.3, 0.4) is 0 Å². The Balaban J connectivity index is 1.94. The van der Waals surface area contributed by atoms with E-state index in [1.165, 1.54) is 42.5 Å². The Hall–Kier alpha value is -4.44. The summed E-state index contributed by atoms with van der Waals surface area (Å²) in [6, 6.07) is 17.7. The van der Waals surface area contributed by atoms with Crippen LogP contribution in [0.15, 0.2) is 72.3 Å². The number of carbonyl (C=O) groups is 2. The van der Waals surface area contributed by atoms with Crippen LogP contribution in [-0.4, -0.2) is 23.4 Å². The summed E-state index contributed by atoms with van der Waals surface area (Å²) in [5.41, 5.74) is 1.67. The first-order chi connectivity index (χ1) is 17.3. The topological polar surface area (TPSA) is 90.6 Å². The van der Waals surface area contributed by atoms with Crippen LogP contribution in [0.2, 0.25) is 0 Å². The average Bonchev–Trinajstić information content (AvgIpc) is 3.14. The van der Waals surface area contributed by atoms with E-state index in [0.717, 1.165) is 10.5 Å². The minimum atomic E-state index is -1.20. The molecule has 1 atom stereocenters. The van der Waals surface area contributed by atoms with Gasteiger partial charge in [-0.2, -0.15) is 5.26 Å². The Bertz CT molecular complexity index is 1400. The number of Topliss-reactive ketones (excluding diaryl/α,β-unsaturated/α-hetero) is 1. The van der Waals surface area contributed by atoms with Gasteiger partial charge >= 0.3 is 0 Å². The number of carbonyl (C=O) groups excluding carboxylic acids is 2. The zero-order valence-corrected chi connectivity index (χ0v) is 20.2. The van der Waals surface area contributed by atoms with Crippen LogP contribution in [0, 0.1) is 17.1 Å². The normalized spacial score (nSPS) is 16.9. The lowest BCUT2D eigenvalue weighted by Gasteiger charge is -2.26. The molecule has 1 unspecified atom stereocenters. The number of nitrogens with zero attached hydrogens (tertiary/aromatic N) is 2. The number of hydrogen-bond acceptors (Lipinski definition) is 5. The van der Waals surface area contributed by atoms with Crippen LogP contribution in [0.25, 0.3) is 5.76 Å². The predicted molar refractivity (Wildman–Crippen MR) is 134 cm³/mol. The maximum absolute atomic E-state index is 15.0. The lowest BCUT2D eigenvalue weighted by molar-refractivity contribution is -0.132. The van der Waals surface area contributed by atoms with Crippen molar-refractivity contribution < 1.29 is 23.8 Å². The van der Waals surface area contributed by atoms with Gasteiger partial charge in [-0.05, 0) is 66.9 Å². The summed E-state index contributed by atoms with van der Waals surface area (Å²) in [7, 11) is 0. The Kier molecular flexibility index (Phi) is 6.89. The number of amides is 1. The zero-order chi connectivity index (χ0) is 26.0. The number of aliphatic hydroxyl groups is 1. The van der Waals surface area contributed by atoms with Crippen molar-refractivity contribution >= 4 is 23.1 Å². The Morgan fingerprint density at radius 1 is 1.11 bits per heavy atom. The molecule has 1 aliphatic rings. The predicted octanol–water partition coefficient (Wildman–Crippen LogP) is 5.85. The maximum Gasteiger partial charge on any atom is 0.300 e. The van der Waals surface area contributed by atoms with Crippen LogP contribution in [0.1, 0.15) is 55.0 Å². The van der Waals surface area contributed by atoms with Crippen molar-refractivity contribution in [2.75, 3.05) is 11.5 Å². The molecule has 1 fully saturated rings. The van der Waals surface area contributed by atoms with Crippen molar-refractivity contribution in [3.05, 3.63) is 100 Å².